The molecule has 1 heterocycles. The van der Waals surface area contributed by atoms with E-state index in [1.54, 1.807) is 4.90 Å². The first-order valence-electron chi connectivity index (χ1n) is 6.43. The van der Waals surface area contributed by atoms with Crippen molar-refractivity contribution in [3.8, 4) is 5.75 Å². The number of likely N-dealkylation sites (N-methyl/N-ethyl adjacent to an activating group) is 1. The van der Waals surface area contributed by atoms with Crippen LogP contribution in [-0.4, -0.2) is 54.0 Å². The summed E-state index contributed by atoms with van der Waals surface area (Å²) in [6.07, 6.45) is 1.98. The van der Waals surface area contributed by atoms with Crippen molar-refractivity contribution < 1.29 is 14.3 Å². The van der Waals surface area contributed by atoms with Crippen LogP contribution >= 0.6 is 0 Å². The molecule has 2 rings (SSSR count). The number of piperidine rings is 1. The maximum Gasteiger partial charge on any atom is 0.256 e. The van der Waals surface area contributed by atoms with Gasteiger partial charge in [-0.05, 0) is 39.1 Å². The minimum atomic E-state index is -0.669. The standard InChI is InChI=1S/C14H19FN2O2/c1-16(2)10-4-3-7-17(9-10)14(19)12-6-5-11(18)8-13(12)15/h5-6,8,10,18H,3-4,7,9H2,1-2H3. The Balaban J connectivity index is 2.15. The van der Waals surface area contributed by atoms with Gasteiger partial charge in [-0.2, -0.15) is 0 Å². The fourth-order valence-electron chi connectivity index (χ4n) is 2.41. The summed E-state index contributed by atoms with van der Waals surface area (Å²) in [4.78, 5) is 16.1. The number of nitrogens with zero attached hydrogens (tertiary/aromatic N) is 2. The summed E-state index contributed by atoms with van der Waals surface area (Å²) in [6.45, 7) is 1.27. The molecule has 1 saturated heterocycles. The SMILES string of the molecule is CN(C)C1CCCN(C(=O)c2ccc(O)cc2F)C1. The Kier molecular flexibility index (Phi) is 4.04. The molecule has 1 aromatic rings. The molecule has 0 saturated carbocycles. The van der Waals surface area contributed by atoms with Crippen molar-refractivity contribution in [1.82, 2.24) is 9.80 Å². The monoisotopic (exact) mass is 266 g/mol. The first-order valence-corrected chi connectivity index (χ1v) is 6.43. The normalized spacial score (nSPS) is 19.8. The number of aromatic hydroxyl groups is 1. The van der Waals surface area contributed by atoms with Gasteiger partial charge in [-0.1, -0.05) is 0 Å². The van der Waals surface area contributed by atoms with Crippen LogP contribution in [0.4, 0.5) is 4.39 Å². The molecule has 1 aromatic carbocycles. The molecule has 0 spiro atoms. The number of halogens is 1. The van der Waals surface area contributed by atoms with Crippen LogP contribution in [0.3, 0.4) is 0 Å². The van der Waals surface area contributed by atoms with E-state index in [2.05, 4.69) is 4.90 Å². The van der Waals surface area contributed by atoms with Crippen molar-refractivity contribution in [2.75, 3.05) is 27.2 Å². The molecule has 1 atom stereocenters. The zero-order valence-corrected chi connectivity index (χ0v) is 11.3. The molecule has 1 unspecified atom stereocenters. The number of likely N-dealkylation sites (tertiary alicyclic amines) is 1. The molecule has 104 valence electrons. The Bertz CT molecular complexity index is 477. The van der Waals surface area contributed by atoms with Gasteiger partial charge in [0.2, 0.25) is 0 Å². The second-order valence-corrected chi connectivity index (χ2v) is 5.17. The molecular formula is C14H19FN2O2. The summed E-state index contributed by atoms with van der Waals surface area (Å²) in [6, 6.07) is 3.97. The predicted molar refractivity (Wildman–Crippen MR) is 70.7 cm³/mol. The number of hydrogen-bond donors (Lipinski definition) is 1. The van der Waals surface area contributed by atoms with E-state index < -0.39 is 5.82 Å². The van der Waals surface area contributed by atoms with E-state index in [9.17, 15) is 14.3 Å². The van der Waals surface area contributed by atoms with Crippen molar-refractivity contribution in [1.29, 1.82) is 0 Å². The molecule has 19 heavy (non-hydrogen) atoms. The molecule has 1 amide bonds. The Hall–Kier alpha value is -1.62. The third-order valence-electron chi connectivity index (χ3n) is 3.60. The molecule has 1 aliphatic rings. The Morgan fingerprint density at radius 2 is 2.21 bits per heavy atom. The summed E-state index contributed by atoms with van der Waals surface area (Å²) in [7, 11) is 3.97. The van der Waals surface area contributed by atoms with Gasteiger partial charge < -0.3 is 14.9 Å². The van der Waals surface area contributed by atoms with Crippen molar-refractivity contribution in [3.63, 3.8) is 0 Å². The van der Waals surface area contributed by atoms with Gasteiger partial charge in [0.1, 0.15) is 11.6 Å². The maximum absolute atomic E-state index is 13.7. The fraction of sp³-hybridized carbons (Fsp3) is 0.500. The summed E-state index contributed by atoms with van der Waals surface area (Å²) in [5, 5.41) is 9.17. The Morgan fingerprint density at radius 3 is 2.84 bits per heavy atom. The number of hydrogen-bond acceptors (Lipinski definition) is 3. The molecule has 0 bridgehead atoms. The number of benzene rings is 1. The van der Waals surface area contributed by atoms with Crippen molar-refractivity contribution in [2.45, 2.75) is 18.9 Å². The maximum atomic E-state index is 13.7. The lowest BCUT2D eigenvalue weighted by molar-refractivity contribution is 0.0630. The quantitative estimate of drug-likeness (QED) is 0.886. The van der Waals surface area contributed by atoms with E-state index in [1.807, 2.05) is 14.1 Å². The molecule has 0 aliphatic carbocycles. The lowest BCUT2D eigenvalue weighted by Crippen LogP contribution is -2.47. The molecule has 1 N–H and O–H groups in total. The average Bonchev–Trinajstić information content (AvgIpc) is 2.38. The van der Waals surface area contributed by atoms with Crippen LogP contribution in [0.1, 0.15) is 23.2 Å². The summed E-state index contributed by atoms with van der Waals surface area (Å²) < 4.78 is 13.7. The van der Waals surface area contributed by atoms with Gasteiger partial charge in [-0.15, -0.1) is 0 Å². The van der Waals surface area contributed by atoms with Crippen LogP contribution in [0.15, 0.2) is 18.2 Å². The average molecular weight is 266 g/mol. The van der Waals surface area contributed by atoms with Gasteiger partial charge in [0.15, 0.2) is 0 Å². The van der Waals surface area contributed by atoms with E-state index in [0.717, 1.165) is 18.9 Å². The van der Waals surface area contributed by atoms with Crippen LogP contribution in [0.5, 0.6) is 5.75 Å². The van der Waals surface area contributed by atoms with Gasteiger partial charge in [0, 0.05) is 25.2 Å². The first kappa shape index (κ1) is 13.8. The van der Waals surface area contributed by atoms with E-state index in [0.29, 0.717) is 19.1 Å². The third-order valence-corrected chi connectivity index (χ3v) is 3.60. The number of carbonyl (C=O) groups excluding carboxylic acids is 1. The number of amides is 1. The zero-order chi connectivity index (χ0) is 14.0. The highest BCUT2D eigenvalue weighted by Crippen LogP contribution is 2.20. The van der Waals surface area contributed by atoms with Gasteiger partial charge in [0.25, 0.3) is 5.91 Å². The smallest absolute Gasteiger partial charge is 0.256 e. The van der Waals surface area contributed by atoms with E-state index in [-0.39, 0.29) is 17.2 Å². The Morgan fingerprint density at radius 1 is 1.47 bits per heavy atom. The molecule has 4 nitrogen and oxygen atoms in total. The van der Waals surface area contributed by atoms with Gasteiger partial charge in [-0.3, -0.25) is 4.79 Å². The van der Waals surface area contributed by atoms with Crippen LogP contribution in [-0.2, 0) is 0 Å². The number of carbonyl (C=O) groups is 1. The number of phenols is 1. The highest BCUT2D eigenvalue weighted by atomic mass is 19.1. The largest absolute Gasteiger partial charge is 0.508 e. The van der Waals surface area contributed by atoms with Gasteiger partial charge in [0.05, 0.1) is 5.56 Å². The van der Waals surface area contributed by atoms with E-state index in [4.69, 9.17) is 0 Å². The van der Waals surface area contributed by atoms with E-state index >= 15 is 0 Å². The van der Waals surface area contributed by atoms with Crippen LogP contribution < -0.4 is 0 Å². The molecule has 0 radical (unpaired) electrons. The second kappa shape index (κ2) is 5.57. The second-order valence-electron chi connectivity index (χ2n) is 5.17. The molecule has 1 aliphatic heterocycles. The minimum Gasteiger partial charge on any atom is -0.508 e. The first-order chi connectivity index (χ1) is 8.99. The van der Waals surface area contributed by atoms with Crippen molar-refractivity contribution in [3.05, 3.63) is 29.6 Å². The van der Waals surface area contributed by atoms with Gasteiger partial charge >= 0.3 is 0 Å². The highest BCUT2D eigenvalue weighted by molar-refractivity contribution is 5.94. The topological polar surface area (TPSA) is 43.8 Å². The zero-order valence-electron chi connectivity index (χ0n) is 11.3. The summed E-state index contributed by atoms with van der Waals surface area (Å²) >= 11 is 0. The van der Waals surface area contributed by atoms with Crippen LogP contribution in [0.25, 0.3) is 0 Å². The molecule has 5 heteroatoms. The number of phenolic OH excluding ortho intramolecular Hbond substituents is 1. The van der Waals surface area contributed by atoms with Gasteiger partial charge in [-0.25, -0.2) is 4.39 Å². The minimum absolute atomic E-state index is 0.0252. The lowest BCUT2D eigenvalue weighted by Gasteiger charge is -2.36. The summed E-state index contributed by atoms with van der Waals surface area (Å²) in [5.74, 6) is -1.14. The molecule has 1 fully saturated rings. The molecular weight excluding hydrogens is 247 g/mol. The highest BCUT2D eigenvalue weighted by Gasteiger charge is 2.26. The van der Waals surface area contributed by atoms with E-state index in [1.165, 1.54) is 12.1 Å². The van der Waals surface area contributed by atoms with Crippen molar-refractivity contribution >= 4 is 5.91 Å². The lowest BCUT2D eigenvalue weighted by atomic mass is 10.0. The Labute approximate surface area is 112 Å². The van der Waals surface area contributed by atoms with Crippen LogP contribution in [0, 0.1) is 5.82 Å². The fourth-order valence-corrected chi connectivity index (χ4v) is 2.41. The van der Waals surface area contributed by atoms with Crippen LogP contribution in [0.2, 0.25) is 0 Å². The number of rotatable bonds is 2. The molecule has 0 aromatic heterocycles. The summed E-state index contributed by atoms with van der Waals surface area (Å²) in [5.41, 5.74) is 0.0252. The van der Waals surface area contributed by atoms with Crippen molar-refractivity contribution in [2.24, 2.45) is 0 Å². The predicted octanol–water partition coefficient (Wildman–Crippen LogP) is 1.70. The third kappa shape index (κ3) is 3.04.